The lowest BCUT2D eigenvalue weighted by Gasteiger charge is -2.10. The highest BCUT2D eigenvalue weighted by Crippen LogP contribution is 2.44. The summed E-state index contributed by atoms with van der Waals surface area (Å²) in [4.78, 5) is 12.0. The number of hydrogen-bond acceptors (Lipinski definition) is 3. The Morgan fingerprint density at radius 2 is 2.20 bits per heavy atom. The number of rotatable bonds is 4. The molecule has 2 aliphatic rings. The van der Waals surface area contributed by atoms with Crippen LogP contribution in [0, 0.1) is 24.7 Å². The fourth-order valence-corrected chi connectivity index (χ4v) is 2.86. The molecule has 20 heavy (non-hydrogen) atoms. The van der Waals surface area contributed by atoms with E-state index in [1.54, 1.807) is 6.20 Å². The number of carbonyl (C=O) groups excluding carboxylic acids is 1. The van der Waals surface area contributed by atoms with Gasteiger partial charge in [0.25, 0.3) is 0 Å². The summed E-state index contributed by atoms with van der Waals surface area (Å²) >= 11 is 0. The van der Waals surface area contributed by atoms with Crippen LogP contribution in [0.5, 0.6) is 0 Å². The quantitative estimate of drug-likeness (QED) is 0.879. The van der Waals surface area contributed by atoms with Gasteiger partial charge in [0, 0.05) is 24.4 Å². The van der Waals surface area contributed by atoms with Crippen molar-refractivity contribution >= 4 is 11.7 Å². The Morgan fingerprint density at radius 1 is 1.50 bits per heavy atom. The van der Waals surface area contributed by atoms with Crippen LogP contribution in [0.1, 0.15) is 19.5 Å². The van der Waals surface area contributed by atoms with Gasteiger partial charge in [0.15, 0.2) is 0 Å². The molecule has 0 radical (unpaired) electrons. The molecule has 1 aliphatic carbocycles. The van der Waals surface area contributed by atoms with Gasteiger partial charge in [0.2, 0.25) is 0 Å². The minimum atomic E-state index is -0.142. The molecule has 0 bridgehead atoms. The average Bonchev–Trinajstić information content (AvgIpc) is 2.77. The van der Waals surface area contributed by atoms with Gasteiger partial charge in [-0.15, -0.1) is 0 Å². The fraction of sp³-hybridized carbons (Fsp3) is 0.714. The van der Waals surface area contributed by atoms with Crippen molar-refractivity contribution in [1.29, 1.82) is 0 Å². The lowest BCUT2D eigenvalue weighted by atomic mass is 10.2. The summed E-state index contributed by atoms with van der Waals surface area (Å²) in [5.41, 5.74) is 1.78. The van der Waals surface area contributed by atoms with Crippen molar-refractivity contribution in [2.45, 2.75) is 33.4 Å². The first-order chi connectivity index (χ1) is 9.56. The Morgan fingerprint density at radius 3 is 2.85 bits per heavy atom. The molecule has 1 saturated heterocycles. The van der Waals surface area contributed by atoms with E-state index in [2.05, 4.69) is 29.6 Å². The van der Waals surface area contributed by atoms with Crippen LogP contribution in [0.4, 0.5) is 10.5 Å². The Labute approximate surface area is 118 Å². The second-order valence-corrected chi connectivity index (χ2v) is 6.21. The number of carbonyl (C=O) groups is 1. The van der Waals surface area contributed by atoms with Crippen molar-refractivity contribution in [3.63, 3.8) is 0 Å². The number of amides is 2. The topological polar surface area (TPSA) is 68.2 Å². The maximum Gasteiger partial charge on any atom is 0.319 e. The molecule has 110 valence electrons. The maximum absolute atomic E-state index is 12.0. The van der Waals surface area contributed by atoms with Crippen LogP contribution >= 0.6 is 0 Å². The zero-order valence-electron chi connectivity index (χ0n) is 12.2. The molecule has 3 atom stereocenters. The summed E-state index contributed by atoms with van der Waals surface area (Å²) in [7, 11) is 0. The number of anilines is 1. The normalized spacial score (nSPS) is 27.5. The van der Waals surface area contributed by atoms with Crippen LogP contribution in [0.15, 0.2) is 6.20 Å². The molecule has 2 fully saturated rings. The minimum Gasteiger partial charge on any atom is -0.381 e. The Hall–Kier alpha value is -1.56. The number of fused-ring (bicyclic) bond motifs is 1. The summed E-state index contributed by atoms with van der Waals surface area (Å²) < 4.78 is 7.24. The van der Waals surface area contributed by atoms with Crippen molar-refractivity contribution in [3.8, 4) is 0 Å². The minimum absolute atomic E-state index is 0.142. The molecule has 6 heteroatoms. The van der Waals surface area contributed by atoms with E-state index in [-0.39, 0.29) is 12.1 Å². The van der Waals surface area contributed by atoms with Crippen LogP contribution in [-0.4, -0.2) is 35.1 Å². The second-order valence-electron chi connectivity index (χ2n) is 6.21. The van der Waals surface area contributed by atoms with Crippen molar-refractivity contribution in [2.24, 2.45) is 17.8 Å². The first-order valence-corrected chi connectivity index (χ1v) is 7.24. The molecule has 1 saturated carbocycles. The van der Waals surface area contributed by atoms with Crippen molar-refractivity contribution < 1.29 is 9.53 Å². The molecular formula is C14H22N4O2. The van der Waals surface area contributed by atoms with E-state index < -0.39 is 0 Å². The molecule has 0 aromatic carbocycles. The lowest BCUT2D eigenvalue weighted by molar-refractivity contribution is 0.157. The highest BCUT2D eigenvalue weighted by molar-refractivity contribution is 5.90. The molecule has 1 aliphatic heterocycles. The van der Waals surface area contributed by atoms with Crippen LogP contribution in [0.25, 0.3) is 0 Å². The third-order valence-electron chi connectivity index (χ3n) is 4.14. The van der Waals surface area contributed by atoms with E-state index in [1.807, 2.05) is 11.6 Å². The SMILES string of the molecule is Cc1c(NC(=O)NC2[C@H]3COC[C@@H]23)cnn1CC(C)C. The van der Waals surface area contributed by atoms with Gasteiger partial charge < -0.3 is 15.4 Å². The van der Waals surface area contributed by atoms with E-state index in [0.717, 1.165) is 31.1 Å². The predicted octanol–water partition coefficient (Wildman–Crippen LogP) is 1.61. The molecule has 6 nitrogen and oxygen atoms in total. The first kappa shape index (κ1) is 13.4. The van der Waals surface area contributed by atoms with Crippen LogP contribution < -0.4 is 10.6 Å². The molecule has 1 aromatic rings. The Kier molecular flexibility index (Phi) is 3.41. The summed E-state index contributed by atoms with van der Waals surface area (Å²) in [5.74, 6) is 1.57. The number of nitrogens with one attached hydrogen (secondary N) is 2. The van der Waals surface area contributed by atoms with Crippen LogP contribution in [0.2, 0.25) is 0 Å². The molecule has 2 N–H and O–H groups in total. The summed E-state index contributed by atoms with van der Waals surface area (Å²) in [5, 5.41) is 10.2. The van der Waals surface area contributed by atoms with Crippen LogP contribution in [-0.2, 0) is 11.3 Å². The maximum atomic E-state index is 12.0. The van der Waals surface area contributed by atoms with Gasteiger partial charge >= 0.3 is 6.03 Å². The molecule has 0 spiro atoms. The van der Waals surface area contributed by atoms with E-state index in [9.17, 15) is 4.79 Å². The molecule has 2 amide bonds. The van der Waals surface area contributed by atoms with Crippen LogP contribution in [0.3, 0.4) is 0 Å². The zero-order valence-corrected chi connectivity index (χ0v) is 12.2. The lowest BCUT2D eigenvalue weighted by Crippen LogP contribution is -2.33. The average molecular weight is 278 g/mol. The van der Waals surface area contributed by atoms with Gasteiger partial charge in [-0.3, -0.25) is 4.68 Å². The summed E-state index contributed by atoms with van der Waals surface area (Å²) in [6.07, 6.45) is 1.72. The monoisotopic (exact) mass is 278 g/mol. The van der Waals surface area contributed by atoms with Crippen molar-refractivity contribution in [1.82, 2.24) is 15.1 Å². The van der Waals surface area contributed by atoms with Gasteiger partial charge in [0.1, 0.15) is 0 Å². The van der Waals surface area contributed by atoms with E-state index >= 15 is 0 Å². The van der Waals surface area contributed by atoms with Gasteiger partial charge in [-0.2, -0.15) is 5.10 Å². The van der Waals surface area contributed by atoms with E-state index in [1.165, 1.54) is 0 Å². The number of urea groups is 1. The van der Waals surface area contributed by atoms with Gasteiger partial charge in [-0.25, -0.2) is 4.79 Å². The fourth-order valence-electron chi connectivity index (χ4n) is 2.86. The van der Waals surface area contributed by atoms with E-state index in [0.29, 0.717) is 17.8 Å². The van der Waals surface area contributed by atoms with Gasteiger partial charge in [-0.05, 0) is 12.8 Å². The highest BCUT2D eigenvalue weighted by Gasteiger charge is 2.54. The number of hydrogen-bond donors (Lipinski definition) is 2. The zero-order chi connectivity index (χ0) is 14.3. The molecule has 1 unspecified atom stereocenters. The van der Waals surface area contributed by atoms with Gasteiger partial charge in [0.05, 0.1) is 30.8 Å². The molecule has 3 rings (SSSR count). The first-order valence-electron chi connectivity index (χ1n) is 7.24. The standard InChI is InChI=1S/C14H22N4O2/c1-8(2)5-18-9(3)12(4-15-18)16-14(19)17-13-10-6-20-7-11(10)13/h4,8,10-11,13H,5-7H2,1-3H3,(H2,16,17,19)/t10-,11+,13?. The second kappa shape index (κ2) is 5.09. The predicted molar refractivity (Wildman–Crippen MR) is 75.5 cm³/mol. The molecule has 1 aromatic heterocycles. The molecule has 2 heterocycles. The van der Waals surface area contributed by atoms with Gasteiger partial charge in [-0.1, -0.05) is 13.8 Å². The largest absolute Gasteiger partial charge is 0.381 e. The summed E-state index contributed by atoms with van der Waals surface area (Å²) in [6, 6.07) is 0.145. The van der Waals surface area contributed by atoms with Crippen molar-refractivity contribution in [2.75, 3.05) is 18.5 Å². The van der Waals surface area contributed by atoms with Crippen molar-refractivity contribution in [3.05, 3.63) is 11.9 Å². The highest BCUT2D eigenvalue weighted by atomic mass is 16.5. The number of ether oxygens (including phenoxy) is 1. The third kappa shape index (κ3) is 2.52. The number of nitrogens with zero attached hydrogens (tertiary/aromatic N) is 2. The van der Waals surface area contributed by atoms with E-state index in [4.69, 9.17) is 4.74 Å². The Balaban J connectivity index is 1.55. The third-order valence-corrected chi connectivity index (χ3v) is 4.14. The number of aromatic nitrogens is 2. The summed E-state index contributed by atoms with van der Waals surface area (Å²) in [6.45, 7) is 8.69. The Bertz CT molecular complexity index is 501. The molecular weight excluding hydrogens is 256 g/mol. The smallest absolute Gasteiger partial charge is 0.319 e.